The Bertz CT molecular complexity index is 1150. The van der Waals surface area contributed by atoms with E-state index in [9.17, 15) is 13.2 Å². The maximum atomic E-state index is 12.8. The van der Waals surface area contributed by atoms with Gasteiger partial charge in [0.2, 0.25) is 21.8 Å². The van der Waals surface area contributed by atoms with Crippen molar-refractivity contribution in [3.63, 3.8) is 0 Å². The second-order valence-electron chi connectivity index (χ2n) is 6.98. The molecule has 0 radical (unpaired) electrons. The van der Waals surface area contributed by atoms with Gasteiger partial charge in [0, 0.05) is 18.7 Å². The van der Waals surface area contributed by atoms with Crippen molar-refractivity contribution in [2.24, 2.45) is 0 Å². The van der Waals surface area contributed by atoms with Crippen molar-refractivity contribution in [3.05, 3.63) is 60.2 Å². The van der Waals surface area contributed by atoms with Crippen LogP contribution < -0.4 is 5.32 Å². The van der Waals surface area contributed by atoms with Crippen LogP contribution in [0.4, 0.5) is 0 Å². The van der Waals surface area contributed by atoms with Gasteiger partial charge >= 0.3 is 0 Å². The number of hydrogen-bond acceptors (Lipinski definition) is 7. The summed E-state index contributed by atoms with van der Waals surface area (Å²) in [6.07, 6.45) is 0. The van der Waals surface area contributed by atoms with Crippen molar-refractivity contribution < 1.29 is 17.6 Å². The Labute approximate surface area is 192 Å². The van der Waals surface area contributed by atoms with E-state index in [0.29, 0.717) is 18.7 Å². The van der Waals surface area contributed by atoms with Crippen LogP contribution in [-0.2, 0) is 14.8 Å². The fourth-order valence-corrected chi connectivity index (χ4v) is 5.20. The number of nitrogens with zero attached hydrogens (tertiary/aromatic N) is 3. The third-order valence-corrected chi connectivity index (χ3v) is 7.70. The van der Waals surface area contributed by atoms with E-state index in [2.05, 4.69) is 15.5 Å². The van der Waals surface area contributed by atoms with Crippen molar-refractivity contribution in [2.75, 3.05) is 18.8 Å². The predicted molar refractivity (Wildman–Crippen MR) is 124 cm³/mol. The lowest BCUT2D eigenvalue weighted by atomic mass is 10.1. The molecule has 10 heteroatoms. The molecule has 1 aromatic heterocycles. The molecule has 1 heterocycles. The van der Waals surface area contributed by atoms with Crippen molar-refractivity contribution in [3.8, 4) is 11.5 Å². The molecule has 0 aliphatic rings. The lowest BCUT2D eigenvalue weighted by molar-refractivity contribution is -0.119. The third-order valence-electron chi connectivity index (χ3n) is 4.83. The summed E-state index contributed by atoms with van der Waals surface area (Å²) >= 11 is 1.12. The lowest BCUT2D eigenvalue weighted by Crippen LogP contribution is -2.30. The van der Waals surface area contributed by atoms with E-state index in [4.69, 9.17) is 4.42 Å². The highest BCUT2D eigenvalue weighted by Crippen LogP contribution is 2.26. The second-order valence-corrected chi connectivity index (χ2v) is 9.84. The van der Waals surface area contributed by atoms with Gasteiger partial charge in [0.05, 0.1) is 16.7 Å². The molecule has 0 bridgehead atoms. The minimum Gasteiger partial charge on any atom is -0.411 e. The van der Waals surface area contributed by atoms with Gasteiger partial charge in [-0.05, 0) is 30.7 Å². The molecule has 0 fully saturated rings. The van der Waals surface area contributed by atoms with Gasteiger partial charge in [-0.3, -0.25) is 4.79 Å². The zero-order chi connectivity index (χ0) is 23.1. The highest BCUT2D eigenvalue weighted by atomic mass is 32.2. The number of carbonyl (C=O) groups excluding carboxylic acids is 1. The number of nitrogens with one attached hydrogen (secondary N) is 1. The topological polar surface area (TPSA) is 105 Å². The lowest BCUT2D eigenvalue weighted by Gasteiger charge is -2.18. The summed E-state index contributed by atoms with van der Waals surface area (Å²) in [6, 6.07) is 16.0. The summed E-state index contributed by atoms with van der Waals surface area (Å²) in [4.78, 5) is 12.4. The third kappa shape index (κ3) is 5.76. The van der Waals surface area contributed by atoms with Crippen LogP contribution in [-0.4, -0.2) is 47.7 Å². The molecule has 0 aliphatic carbocycles. The Balaban J connectivity index is 1.64. The molecule has 170 valence electrons. The molecule has 32 heavy (non-hydrogen) atoms. The van der Waals surface area contributed by atoms with E-state index in [1.54, 1.807) is 32.0 Å². The largest absolute Gasteiger partial charge is 0.411 e. The smallest absolute Gasteiger partial charge is 0.277 e. The first kappa shape index (κ1) is 24.0. The molecule has 1 unspecified atom stereocenters. The molecule has 0 spiro atoms. The van der Waals surface area contributed by atoms with E-state index in [0.717, 1.165) is 17.3 Å². The van der Waals surface area contributed by atoms with Crippen LogP contribution >= 0.6 is 11.8 Å². The molecule has 1 amide bonds. The Morgan fingerprint density at radius 1 is 1.09 bits per heavy atom. The monoisotopic (exact) mass is 474 g/mol. The molecular weight excluding hydrogens is 448 g/mol. The second kappa shape index (κ2) is 10.8. The standard InChI is InChI=1S/C22H26N4O4S2/c1-4-26(5-2)32(28,29)19-13-9-12-18(14-19)21-24-25-22(30-21)31-15-20(27)23-16(3)17-10-7-6-8-11-17/h6-14,16H,4-5,15H2,1-3H3,(H,23,27). The van der Waals surface area contributed by atoms with Crippen LogP contribution in [0.1, 0.15) is 32.4 Å². The average Bonchev–Trinajstić information content (AvgIpc) is 3.28. The van der Waals surface area contributed by atoms with Crippen molar-refractivity contribution in [2.45, 2.75) is 36.9 Å². The number of benzene rings is 2. The molecular formula is C22H26N4O4S2. The SMILES string of the molecule is CCN(CC)S(=O)(=O)c1cccc(-c2nnc(SCC(=O)NC(C)c3ccccc3)o2)c1. The molecule has 8 nitrogen and oxygen atoms in total. The van der Waals surface area contributed by atoms with E-state index in [1.165, 1.54) is 10.4 Å². The van der Waals surface area contributed by atoms with Crippen molar-refractivity contribution in [1.29, 1.82) is 0 Å². The maximum Gasteiger partial charge on any atom is 0.277 e. The van der Waals surface area contributed by atoms with Gasteiger partial charge in [0.25, 0.3) is 5.22 Å². The number of hydrogen-bond donors (Lipinski definition) is 1. The quantitative estimate of drug-likeness (QED) is 0.446. The van der Waals surface area contributed by atoms with Crippen LogP contribution in [0.3, 0.4) is 0 Å². The first-order valence-corrected chi connectivity index (χ1v) is 12.7. The van der Waals surface area contributed by atoms with E-state index in [-0.39, 0.29) is 33.7 Å². The summed E-state index contributed by atoms with van der Waals surface area (Å²) in [5.74, 6) is 0.162. The van der Waals surface area contributed by atoms with Gasteiger partial charge in [0.1, 0.15) is 0 Å². The van der Waals surface area contributed by atoms with Crippen LogP contribution in [0, 0.1) is 0 Å². The van der Waals surface area contributed by atoms with Gasteiger partial charge in [-0.25, -0.2) is 8.42 Å². The zero-order valence-electron chi connectivity index (χ0n) is 18.2. The van der Waals surface area contributed by atoms with Gasteiger partial charge < -0.3 is 9.73 Å². The Kier molecular flexibility index (Phi) is 8.05. The Morgan fingerprint density at radius 3 is 2.50 bits per heavy atom. The minimum atomic E-state index is -3.60. The minimum absolute atomic E-state index is 0.113. The number of thioether (sulfide) groups is 1. The van der Waals surface area contributed by atoms with Gasteiger partial charge in [-0.1, -0.05) is 62.0 Å². The molecule has 0 saturated carbocycles. The van der Waals surface area contributed by atoms with Gasteiger partial charge in [-0.2, -0.15) is 4.31 Å². The highest BCUT2D eigenvalue weighted by Gasteiger charge is 2.22. The van der Waals surface area contributed by atoms with Gasteiger partial charge in [0.15, 0.2) is 0 Å². The maximum absolute atomic E-state index is 12.8. The number of rotatable bonds is 10. The summed E-state index contributed by atoms with van der Waals surface area (Å²) in [5.41, 5.74) is 1.52. The van der Waals surface area contributed by atoms with E-state index < -0.39 is 10.0 Å². The average molecular weight is 475 g/mol. The molecule has 0 saturated heterocycles. The Hall–Kier alpha value is -2.69. The van der Waals surface area contributed by atoms with E-state index >= 15 is 0 Å². The molecule has 3 aromatic rings. The molecule has 2 aromatic carbocycles. The Morgan fingerprint density at radius 2 is 1.81 bits per heavy atom. The number of aromatic nitrogens is 2. The predicted octanol–water partition coefficient (Wildman–Crippen LogP) is 3.74. The fourth-order valence-electron chi connectivity index (χ4n) is 3.12. The van der Waals surface area contributed by atoms with Crippen LogP contribution in [0.15, 0.2) is 69.1 Å². The first-order valence-electron chi connectivity index (χ1n) is 10.3. The number of carbonyl (C=O) groups is 1. The van der Waals surface area contributed by atoms with Crippen LogP contribution in [0.2, 0.25) is 0 Å². The van der Waals surface area contributed by atoms with Crippen LogP contribution in [0.25, 0.3) is 11.5 Å². The molecule has 1 atom stereocenters. The highest BCUT2D eigenvalue weighted by molar-refractivity contribution is 7.99. The molecule has 3 rings (SSSR count). The summed E-state index contributed by atoms with van der Waals surface area (Å²) < 4.78 is 32.6. The normalized spacial score (nSPS) is 12.6. The first-order chi connectivity index (χ1) is 15.3. The van der Waals surface area contributed by atoms with E-state index in [1.807, 2.05) is 37.3 Å². The van der Waals surface area contributed by atoms with Crippen LogP contribution in [0.5, 0.6) is 0 Å². The van der Waals surface area contributed by atoms with Crippen molar-refractivity contribution in [1.82, 2.24) is 19.8 Å². The molecule has 1 N–H and O–H groups in total. The number of amides is 1. The summed E-state index contributed by atoms with van der Waals surface area (Å²) in [5, 5.41) is 11.1. The summed E-state index contributed by atoms with van der Waals surface area (Å²) in [6.45, 7) is 6.28. The zero-order valence-corrected chi connectivity index (χ0v) is 19.8. The summed E-state index contributed by atoms with van der Waals surface area (Å²) in [7, 11) is -3.60. The van der Waals surface area contributed by atoms with Crippen molar-refractivity contribution >= 4 is 27.7 Å². The number of sulfonamides is 1. The fraction of sp³-hybridized carbons (Fsp3) is 0.318. The molecule has 0 aliphatic heterocycles. The van der Waals surface area contributed by atoms with Gasteiger partial charge in [-0.15, -0.1) is 10.2 Å².